The first-order valence-electron chi connectivity index (χ1n) is 12.1. The molecule has 2 atom stereocenters. The molecule has 2 saturated heterocycles. The van der Waals surface area contributed by atoms with E-state index in [-0.39, 0.29) is 11.1 Å². The van der Waals surface area contributed by atoms with Crippen LogP contribution in [0, 0.1) is 0 Å². The zero-order valence-electron chi connectivity index (χ0n) is 20.8. The first kappa shape index (κ1) is 28.3. The Morgan fingerprint density at radius 2 is 1.95 bits per heavy atom. The predicted octanol–water partition coefficient (Wildman–Crippen LogP) is 6.27. The Morgan fingerprint density at radius 1 is 1.15 bits per heavy atom. The lowest BCUT2D eigenvalue weighted by atomic mass is 9.91. The number of aliphatic imine (C=N–C) groups is 1. The Hall–Kier alpha value is -3.19. The standard InChI is InChI=1S/C25H22Cl3F3N6O3/c1-39-20-11-15(6-8-19(20)35-12-21(28)32-13-35)33-24-34-36-9-3-2-4-17(16-7-5-14(26)10-18(16)27)22(36)37(24)40-23(38)25(29,30)31/h5-8,10-13,17,22H,2-4,9H2,1H3,(H,33,34). The maximum absolute atomic E-state index is 13.4. The van der Waals surface area contributed by atoms with Crippen LogP contribution in [0.2, 0.25) is 15.2 Å². The van der Waals surface area contributed by atoms with Gasteiger partial charge in [0.25, 0.3) is 0 Å². The third-order valence-electron chi connectivity index (χ3n) is 6.54. The van der Waals surface area contributed by atoms with Crippen molar-refractivity contribution in [2.75, 3.05) is 13.7 Å². The molecule has 1 aromatic heterocycles. The van der Waals surface area contributed by atoms with E-state index >= 15 is 0 Å². The van der Waals surface area contributed by atoms with Gasteiger partial charge in [-0.15, -0.1) is 0 Å². The van der Waals surface area contributed by atoms with E-state index in [1.165, 1.54) is 13.4 Å². The summed E-state index contributed by atoms with van der Waals surface area (Å²) in [6, 6.07) is 9.84. The molecule has 0 radical (unpaired) electrons. The van der Waals surface area contributed by atoms with Crippen molar-refractivity contribution >= 4 is 52.4 Å². The van der Waals surface area contributed by atoms with Crippen LogP contribution in [0.4, 0.5) is 18.9 Å². The Balaban J connectivity index is 1.56. The van der Waals surface area contributed by atoms with Gasteiger partial charge in [0.05, 0.1) is 18.5 Å². The fourth-order valence-electron chi connectivity index (χ4n) is 4.79. The van der Waals surface area contributed by atoms with Gasteiger partial charge in [0.2, 0.25) is 5.96 Å². The second-order valence-electron chi connectivity index (χ2n) is 9.08. The molecule has 1 N–H and O–H groups in total. The summed E-state index contributed by atoms with van der Waals surface area (Å²) < 4.78 is 47.2. The molecule has 9 nitrogen and oxygen atoms in total. The molecule has 2 unspecified atom stereocenters. The van der Waals surface area contributed by atoms with Gasteiger partial charge in [-0.3, -0.25) is 5.43 Å². The first-order chi connectivity index (χ1) is 19.0. The lowest BCUT2D eigenvalue weighted by Crippen LogP contribution is -2.46. The van der Waals surface area contributed by atoms with Gasteiger partial charge in [0.1, 0.15) is 23.4 Å². The van der Waals surface area contributed by atoms with Gasteiger partial charge in [-0.05, 0) is 42.7 Å². The molecule has 15 heteroatoms. The van der Waals surface area contributed by atoms with Crippen LogP contribution < -0.4 is 10.2 Å². The van der Waals surface area contributed by atoms with Gasteiger partial charge >= 0.3 is 12.1 Å². The first-order valence-corrected chi connectivity index (χ1v) is 13.2. The molecule has 3 aromatic rings. The van der Waals surface area contributed by atoms with Crippen molar-refractivity contribution in [2.45, 2.75) is 37.5 Å². The number of carbonyl (C=O) groups is 1. The molecule has 0 amide bonds. The van der Waals surface area contributed by atoms with E-state index in [1.807, 2.05) is 0 Å². The minimum atomic E-state index is -5.23. The molecular formula is C25H22Cl3F3N6O3. The number of alkyl halides is 3. The van der Waals surface area contributed by atoms with Crippen molar-refractivity contribution in [3.63, 3.8) is 0 Å². The summed E-state index contributed by atoms with van der Waals surface area (Å²) in [5, 5.41) is 3.62. The van der Waals surface area contributed by atoms with E-state index in [9.17, 15) is 18.0 Å². The highest BCUT2D eigenvalue weighted by atomic mass is 35.5. The topological polar surface area (TPSA) is 84.2 Å². The summed E-state index contributed by atoms with van der Waals surface area (Å²) in [5.74, 6) is -2.54. The minimum absolute atomic E-state index is 0.111. The van der Waals surface area contributed by atoms with Crippen molar-refractivity contribution in [2.24, 2.45) is 4.99 Å². The molecule has 0 saturated carbocycles. The number of methoxy groups -OCH3 is 1. The van der Waals surface area contributed by atoms with Crippen molar-refractivity contribution < 1.29 is 27.5 Å². The van der Waals surface area contributed by atoms with E-state index in [2.05, 4.69) is 15.4 Å². The quantitative estimate of drug-likeness (QED) is 0.362. The van der Waals surface area contributed by atoms with Gasteiger partial charge in [0.15, 0.2) is 0 Å². The number of carbonyl (C=O) groups excluding carboxylic acids is 1. The Labute approximate surface area is 242 Å². The number of halogens is 6. The number of fused-ring (bicyclic) bond motifs is 1. The minimum Gasteiger partial charge on any atom is -0.494 e. The van der Waals surface area contributed by atoms with Crippen LogP contribution in [0.15, 0.2) is 53.9 Å². The number of hydrazine groups is 1. The largest absolute Gasteiger partial charge is 0.494 e. The smallest absolute Gasteiger partial charge is 0.493 e. The summed E-state index contributed by atoms with van der Waals surface area (Å²) >= 11 is 18.5. The van der Waals surface area contributed by atoms with E-state index in [0.29, 0.717) is 45.7 Å². The van der Waals surface area contributed by atoms with Crippen molar-refractivity contribution in [1.82, 2.24) is 25.0 Å². The number of aromatic nitrogens is 2. The Kier molecular flexibility index (Phi) is 8.05. The molecule has 2 aromatic carbocycles. The number of benzene rings is 2. The molecule has 2 fully saturated rings. The van der Waals surface area contributed by atoms with Crippen LogP contribution in [0.3, 0.4) is 0 Å². The lowest BCUT2D eigenvalue weighted by molar-refractivity contribution is -0.234. The average Bonchev–Trinajstić information content (AvgIpc) is 3.40. The number of hydrogen-bond donors (Lipinski definition) is 1. The SMILES string of the molecule is COc1cc(N=C2NN3CCCCC(c4ccc(Cl)cc4Cl)C3N2OC(=O)C(F)(F)F)ccc1-n1cnc(Cl)c1. The van der Waals surface area contributed by atoms with Crippen molar-refractivity contribution in [3.05, 3.63) is 69.7 Å². The van der Waals surface area contributed by atoms with Gasteiger partial charge in [-0.2, -0.15) is 23.2 Å². The number of hydroxylamine groups is 2. The van der Waals surface area contributed by atoms with E-state index < -0.39 is 24.2 Å². The van der Waals surface area contributed by atoms with E-state index in [4.69, 9.17) is 44.4 Å². The summed E-state index contributed by atoms with van der Waals surface area (Å²) in [6.45, 7) is 0.453. The predicted molar refractivity (Wildman–Crippen MR) is 143 cm³/mol. The zero-order valence-corrected chi connectivity index (χ0v) is 23.1. The fourth-order valence-corrected chi connectivity index (χ4v) is 5.49. The van der Waals surface area contributed by atoms with Crippen molar-refractivity contribution in [3.8, 4) is 11.4 Å². The van der Waals surface area contributed by atoms with Gasteiger partial charge < -0.3 is 14.1 Å². The number of ether oxygens (including phenoxy) is 1. The van der Waals surface area contributed by atoms with Crippen LogP contribution in [-0.2, 0) is 9.63 Å². The number of imidazole rings is 1. The number of nitrogens with zero attached hydrogens (tertiary/aromatic N) is 5. The van der Waals surface area contributed by atoms with Gasteiger partial charge in [-0.25, -0.2) is 14.8 Å². The Bertz CT molecular complexity index is 1450. The molecule has 2 aliphatic rings. The molecule has 212 valence electrons. The third-order valence-corrected chi connectivity index (χ3v) is 7.30. The lowest BCUT2D eigenvalue weighted by Gasteiger charge is -2.32. The maximum atomic E-state index is 13.4. The van der Waals surface area contributed by atoms with E-state index in [1.54, 1.807) is 52.2 Å². The maximum Gasteiger partial charge on any atom is 0.493 e. The number of guanidine groups is 1. The second-order valence-corrected chi connectivity index (χ2v) is 10.3. The van der Waals surface area contributed by atoms with E-state index in [0.717, 1.165) is 17.9 Å². The molecule has 5 rings (SSSR count). The summed E-state index contributed by atoms with van der Waals surface area (Å²) in [6.07, 6.45) is -0.948. The summed E-state index contributed by atoms with van der Waals surface area (Å²) in [5.41, 5.74) is 4.61. The summed E-state index contributed by atoms with van der Waals surface area (Å²) in [7, 11) is 1.46. The fraction of sp³-hybridized carbons (Fsp3) is 0.320. The highest BCUT2D eigenvalue weighted by Crippen LogP contribution is 2.40. The second kappa shape index (κ2) is 11.4. The molecule has 2 aliphatic heterocycles. The average molecular weight is 618 g/mol. The Morgan fingerprint density at radius 3 is 2.62 bits per heavy atom. The van der Waals surface area contributed by atoms with Gasteiger partial charge in [0, 0.05) is 34.8 Å². The summed E-state index contributed by atoms with van der Waals surface area (Å²) in [4.78, 5) is 25.5. The molecule has 40 heavy (non-hydrogen) atoms. The third kappa shape index (κ3) is 5.80. The van der Waals surface area contributed by atoms with Crippen LogP contribution in [0.1, 0.15) is 30.7 Å². The molecule has 0 bridgehead atoms. The highest BCUT2D eigenvalue weighted by Gasteiger charge is 2.50. The monoisotopic (exact) mass is 616 g/mol. The van der Waals surface area contributed by atoms with Gasteiger partial charge in [-0.1, -0.05) is 47.3 Å². The highest BCUT2D eigenvalue weighted by molar-refractivity contribution is 6.35. The van der Waals surface area contributed by atoms with Crippen LogP contribution in [0.25, 0.3) is 5.69 Å². The van der Waals surface area contributed by atoms with Crippen LogP contribution in [0.5, 0.6) is 5.75 Å². The number of nitrogens with one attached hydrogen (secondary N) is 1. The van der Waals surface area contributed by atoms with Crippen molar-refractivity contribution in [1.29, 1.82) is 0 Å². The zero-order chi connectivity index (χ0) is 28.6. The molecule has 0 spiro atoms. The normalized spacial score (nSPS) is 20.7. The number of rotatable bonds is 5. The molecular weight excluding hydrogens is 596 g/mol. The molecule has 0 aliphatic carbocycles. The van der Waals surface area contributed by atoms with Crippen LogP contribution >= 0.6 is 34.8 Å². The molecule has 3 heterocycles. The number of hydrogen-bond acceptors (Lipinski definition) is 6. The van der Waals surface area contributed by atoms with Crippen LogP contribution in [-0.4, -0.2) is 57.5 Å².